The molecule has 1 fully saturated rings. The third-order valence-electron chi connectivity index (χ3n) is 6.53. The highest BCUT2D eigenvalue weighted by molar-refractivity contribution is 7.81. The minimum absolute atomic E-state index is 0.0480. The number of alkyl halides is 3. The maximum atomic E-state index is 13.7. The zero-order valence-corrected chi connectivity index (χ0v) is 21.0. The molecule has 1 aliphatic heterocycles. The van der Waals surface area contributed by atoms with Gasteiger partial charge in [-0.3, -0.25) is 14.4 Å². The lowest BCUT2D eigenvalue weighted by atomic mass is 10.0. The molecule has 0 radical (unpaired) electrons. The van der Waals surface area contributed by atoms with Crippen molar-refractivity contribution < 1.29 is 18.0 Å². The number of nitrogens with two attached hydrogens (primary N) is 1. The van der Waals surface area contributed by atoms with Gasteiger partial charge in [-0.05, 0) is 67.5 Å². The summed E-state index contributed by atoms with van der Waals surface area (Å²) in [5.41, 5.74) is 6.03. The Morgan fingerprint density at radius 1 is 1.00 bits per heavy atom. The number of hydrogen-bond acceptors (Lipinski definition) is 4. The third-order valence-corrected chi connectivity index (χ3v) is 6.89. The maximum absolute atomic E-state index is 13.7. The van der Waals surface area contributed by atoms with Gasteiger partial charge in [0.15, 0.2) is 5.11 Å². The van der Waals surface area contributed by atoms with E-state index in [1.807, 2.05) is 59.4 Å². The number of benzene rings is 3. The van der Waals surface area contributed by atoms with Crippen molar-refractivity contribution in [2.75, 3.05) is 9.80 Å². The lowest BCUT2D eigenvalue weighted by Gasteiger charge is -2.29. The number of amides is 1. The van der Waals surface area contributed by atoms with Gasteiger partial charge in [0.05, 0.1) is 23.3 Å². The lowest BCUT2D eigenvalue weighted by molar-refractivity contribution is -0.138. The number of hydrogen-bond donors (Lipinski definition) is 1. The molecule has 2 heterocycles. The van der Waals surface area contributed by atoms with Gasteiger partial charge in [-0.2, -0.15) is 18.3 Å². The zero-order chi connectivity index (χ0) is 26.5. The molecule has 1 saturated heterocycles. The standard InChI is InChI=1S/C27H24F3N5OS/c1-26(2)24(36)34(20-9-8-18(14-31)22(13-20)27(28,29)30)25(37)35(26)21-10-11-23-19(12-21)16-33(32-23)15-17-6-4-3-5-7-17/h3-13,16H,14-15,31H2,1-2H3. The van der Waals surface area contributed by atoms with Crippen LogP contribution >= 0.6 is 12.2 Å². The molecule has 190 valence electrons. The van der Waals surface area contributed by atoms with E-state index in [4.69, 9.17) is 18.0 Å². The largest absolute Gasteiger partial charge is 0.416 e. The van der Waals surface area contributed by atoms with Crippen LogP contribution in [0.1, 0.15) is 30.5 Å². The van der Waals surface area contributed by atoms with Crippen molar-refractivity contribution in [1.29, 1.82) is 0 Å². The van der Waals surface area contributed by atoms with Crippen molar-refractivity contribution in [2.45, 2.75) is 38.7 Å². The fourth-order valence-electron chi connectivity index (χ4n) is 4.66. The highest BCUT2D eigenvalue weighted by Gasteiger charge is 2.50. The molecule has 0 unspecified atom stereocenters. The Bertz CT molecular complexity index is 1510. The Kier molecular flexibility index (Phi) is 6.04. The fraction of sp³-hybridized carbons (Fsp3) is 0.222. The molecular weight excluding hydrogens is 499 g/mol. The number of aromatic nitrogens is 2. The summed E-state index contributed by atoms with van der Waals surface area (Å²) in [5, 5.41) is 5.58. The number of carbonyl (C=O) groups excluding carboxylic acids is 1. The molecule has 4 aromatic rings. The van der Waals surface area contributed by atoms with E-state index in [0.29, 0.717) is 12.2 Å². The molecule has 0 bridgehead atoms. The average Bonchev–Trinajstić information content (AvgIpc) is 3.32. The highest BCUT2D eigenvalue weighted by Crippen LogP contribution is 2.40. The summed E-state index contributed by atoms with van der Waals surface area (Å²) in [6, 6.07) is 19.1. The van der Waals surface area contributed by atoms with Crippen molar-refractivity contribution in [3.8, 4) is 0 Å². The molecule has 3 aromatic carbocycles. The molecule has 1 aromatic heterocycles. The second-order valence-corrected chi connectivity index (χ2v) is 9.78. The Balaban J connectivity index is 1.51. The van der Waals surface area contributed by atoms with Crippen LogP contribution in [0, 0.1) is 0 Å². The minimum Gasteiger partial charge on any atom is -0.326 e. The molecular formula is C27H24F3N5OS. The van der Waals surface area contributed by atoms with E-state index in [1.165, 1.54) is 12.1 Å². The molecule has 5 rings (SSSR count). The van der Waals surface area contributed by atoms with Crippen molar-refractivity contribution in [3.05, 3.63) is 89.6 Å². The summed E-state index contributed by atoms with van der Waals surface area (Å²) in [7, 11) is 0. The van der Waals surface area contributed by atoms with Crippen LogP contribution in [-0.4, -0.2) is 26.3 Å². The van der Waals surface area contributed by atoms with E-state index in [-0.39, 0.29) is 22.9 Å². The van der Waals surface area contributed by atoms with Crippen LogP contribution in [0.3, 0.4) is 0 Å². The second kappa shape index (κ2) is 8.97. The molecule has 0 aliphatic carbocycles. The molecule has 1 aliphatic rings. The summed E-state index contributed by atoms with van der Waals surface area (Å²) in [6.07, 6.45) is -2.70. The number of thiocarbonyl (C=S) groups is 1. The average molecular weight is 524 g/mol. The third kappa shape index (κ3) is 4.36. The summed E-state index contributed by atoms with van der Waals surface area (Å²) in [4.78, 5) is 16.3. The SMILES string of the molecule is CC1(C)C(=O)N(c2ccc(CN)c(C(F)(F)F)c2)C(=S)N1c1ccc2nn(Cc3ccccc3)cc2c1. The molecule has 0 atom stereocenters. The van der Waals surface area contributed by atoms with Gasteiger partial charge < -0.3 is 10.6 Å². The van der Waals surface area contributed by atoms with E-state index < -0.39 is 23.2 Å². The Hall–Kier alpha value is -3.76. The molecule has 0 spiro atoms. The minimum atomic E-state index is -4.62. The molecule has 37 heavy (non-hydrogen) atoms. The number of carbonyl (C=O) groups is 1. The Morgan fingerprint density at radius 2 is 1.70 bits per heavy atom. The summed E-state index contributed by atoms with van der Waals surface area (Å²) in [5.74, 6) is -0.425. The van der Waals surface area contributed by atoms with Gasteiger partial charge in [0, 0.05) is 23.8 Å². The molecule has 2 N–H and O–H groups in total. The highest BCUT2D eigenvalue weighted by atomic mass is 32.1. The number of nitrogens with zero attached hydrogens (tertiary/aromatic N) is 4. The van der Waals surface area contributed by atoms with Crippen LogP contribution in [0.2, 0.25) is 0 Å². The fourth-order valence-corrected chi connectivity index (χ4v) is 5.18. The van der Waals surface area contributed by atoms with Crippen molar-refractivity contribution in [3.63, 3.8) is 0 Å². The second-order valence-electron chi connectivity index (χ2n) is 9.42. The van der Waals surface area contributed by atoms with Gasteiger partial charge >= 0.3 is 6.18 Å². The predicted molar refractivity (Wildman–Crippen MR) is 141 cm³/mol. The first-order valence-electron chi connectivity index (χ1n) is 11.6. The van der Waals surface area contributed by atoms with Crippen molar-refractivity contribution in [2.24, 2.45) is 5.73 Å². The van der Waals surface area contributed by atoms with Gasteiger partial charge in [-0.15, -0.1) is 0 Å². The topological polar surface area (TPSA) is 67.4 Å². The number of anilines is 2. The zero-order valence-electron chi connectivity index (χ0n) is 20.2. The van der Waals surface area contributed by atoms with E-state index in [1.54, 1.807) is 18.7 Å². The van der Waals surface area contributed by atoms with Crippen LogP contribution in [0.25, 0.3) is 10.9 Å². The first-order valence-corrected chi connectivity index (χ1v) is 12.0. The molecule has 1 amide bonds. The maximum Gasteiger partial charge on any atom is 0.416 e. The van der Waals surface area contributed by atoms with Crippen LogP contribution in [0.15, 0.2) is 72.9 Å². The Morgan fingerprint density at radius 3 is 2.38 bits per heavy atom. The molecule has 6 nitrogen and oxygen atoms in total. The van der Waals surface area contributed by atoms with Crippen LogP contribution in [0.4, 0.5) is 24.5 Å². The summed E-state index contributed by atoms with van der Waals surface area (Å²) < 4.78 is 42.8. The first kappa shape index (κ1) is 24.9. The number of rotatable bonds is 5. The first-order chi connectivity index (χ1) is 17.5. The monoisotopic (exact) mass is 523 g/mol. The van der Waals surface area contributed by atoms with Crippen LogP contribution in [-0.2, 0) is 24.1 Å². The summed E-state index contributed by atoms with van der Waals surface area (Å²) >= 11 is 5.67. The smallest absolute Gasteiger partial charge is 0.326 e. The Labute approximate surface area is 217 Å². The quantitative estimate of drug-likeness (QED) is 0.351. The number of halogens is 3. The van der Waals surface area contributed by atoms with Crippen LogP contribution in [0.5, 0.6) is 0 Å². The van der Waals surface area contributed by atoms with Crippen molar-refractivity contribution in [1.82, 2.24) is 9.78 Å². The van der Waals surface area contributed by atoms with E-state index in [9.17, 15) is 18.0 Å². The van der Waals surface area contributed by atoms with Gasteiger partial charge in [-0.1, -0.05) is 36.4 Å². The number of fused-ring (bicyclic) bond motifs is 1. The van der Waals surface area contributed by atoms with Gasteiger partial charge in [0.1, 0.15) is 5.54 Å². The van der Waals surface area contributed by atoms with Crippen LogP contribution < -0.4 is 15.5 Å². The molecule has 10 heteroatoms. The van der Waals surface area contributed by atoms with E-state index >= 15 is 0 Å². The normalized spacial score (nSPS) is 15.7. The van der Waals surface area contributed by atoms with Gasteiger partial charge in [0.2, 0.25) is 0 Å². The van der Waals surface area contributed by atoms with Gasteiger partial charge in [0.25, 0.3) is 5.91 Å². The molecule has 0 saturated carbocycles. The van der Waals surface area contributed by atoms with E-state index in [0.717, 1.165) is 27.4 Å². The van der Waals surface area contributed by atoms with Crippen molar-refractivity contribution >= 4 is 45.5 Å². The van der Waals surface area contributed by atoms with E-state index in [2.05, 4.69) is 5.10 Å². The lowest BCUT2D eigenvalue weighted by Crippen LogP contribution is -2.44. The summed E-state index contributed by atoms with van der Waals surface area (Å²) in [6.45, 7) is 3.72. The van der Waals surface area contributed by atoms with Gasteiger partial charge in [-0.25, -0.2) is 0 Å². The predicted octanol–water partition coefficient (Wildman–Crippen LogP) is 5.48.